The normalized spacial score (nSPS) is 12.8. The summed E-state index contributed by atoms with van der Waals surface area (Å²) in [4.78, 5) is 22.3. The molecule has 136 valence electrons. The standard InChI is InChI=1S/C15H29NO6S/c1-2-3-4-5-6-7-8-9-10-11-22-15(18)13(12-14(16)17)23(19,20)21/h13H,2-12H2,1H3,(H2,16,17)(H,19,20,21). The molecule has 0 radical (unpaired) electrons. The highest BCUT2D eigenvalue weighted by Crippen LogP contribution is 2.11. The van der Waals surface area contributed by atoms with E-state index in [-0.39, 0.29) is 6.61 Å². The second-order valence-electron chi connectivity index (χ2n) is 5.67. The van der Waals surface area contributed by atoms with E-state index in [1.54, 1.807) is 0 Å². The van der Waals surface area contributed by atoms with Gasteiger partial charge in [0.05, 0.1) is 13.0 Å². The van der Waals surface area contributed by atoms with Crippen LogP contribution in [0, 0.1) is 0 Å². The number of rotatable bonds is 14. The predicted octanol–water partition coefficient (Wildman–Crippen LogP) is 2.19. The molecule has 0 aromatic carbocycles. The monoisotopic (exact) mass is 351 g/mol. The number of amides is 1. The highest BCUT2D eigenvalue weighted by atomic mass is 32.2. The van der Waals surface area contributed by atoms with E-state index in [0.717, 1.165) is 19.3 Å². The molecule has 0 saturated heterocycles. The maximum atomic E-state index is 11.6. The van der Waals surface area contributed by atoms with E-state index >= 15 is 0 Å². The zero-order valence-electron chi connectivity index (χ0n) is 13.8. The van der Waals surface area contributed by atoms with E-state index < -0.39 is 33.7 Å². The summed E-state index contributed by atoms with van der Waals surface area (Å²) in [7, 11) is -4.70. The van der Waals surface area contributed by atoms with Gasteiger partial charge < -0.3 is 10.5 Å². The van der Waals surface area contributed by atoms with Crippen LogP contribution in [0.3, 0.4) is 0 Å². The Kier molecular flexibility index (Phi) is 11.7. The third-order valence-electron chi connectivity index (χ3n) is 3.50. The molecule has 0 fully saturated rings. The van der Waals surface area contributed by atoms with E-state index in [1.807, 2.05) is 0 Å². The average molecular weight is 351 g/mol. The van der Waals surface area contributed by atoms with Gasteiger partial charge in [-0.1, -0.05) is 58.3 Å². The first-order valence-corrected chi connectivity index (χ1v) is 9.70. The van der Waals surface area contributed by atoms with Crippen molar-refractivity contribution < 1.29 is 27.3 Å². The summed E-state index contributed by atoms with van der Waals surface area (Å²) in [5.41, 5.74) is 4.86. The minimum atomic E-state index is -4.70. The topological polar surface area (TPSA) is 124 Å². The molecular weight excluding hydrogens is 322 g/mol. The number of hydrogen-bond acceptors (Lipinski definition) is 5. The van der Waals surface area contributed by atoms with Crippen molar-refractivity contribution in [2.45, 2.75) is 76.4 Å². The lowest BCUT2D eigenvalue weighted by Gasteiger charge is -2.11. The van der Waals surface area contributed by atoms with Gasteiger partial charge >= 0.3 is 5.97 Å². The van der Waals surface area contributed by atoms with Gasteiger partial charge in [-0.15, -0.1) is 0 Å². The number of carbonyl (C=O) groups excluding carboxylic acids is 2. The number of primary amides is 1. The summed E-state index contributed by atoms with van der Waals surface area (Å²) in [6.45, 7) is 2.25. The molecule has 0 heterocycles. The van der Waals surface area contributed by atoms with Gasteiger partial charge in [-0.05, 0) is 6.42 Å². The van der Waals surface area contributed by atoms with Gasteiger partial charge in [-0.2, -0.15) is 8.42 Å². The van der Waals surface area contributed by atoms with Crippen molar-refractivity contribution in [1.82, 2.24) is 0 Å². The van der Waals surface area contributed by atoms with Crippen LogP contribution in [0.1, 0.15) is 71.1 Å². The van der Waals surface area contributed by atoms with Crippen molar-refractivity contribution in [2.75, 3.05) is 6.61 Å². The molecule has 0 aliphatic carbocycles. The summed E-state index contributed by atoms with van der Waals surface area (Å²) in [6.07, 6.45) is 9.10. The zero-order valence-corrected chi connectivity index (χ0v) is 14.6. The quantitative estimate of drug-likeness (QED) is 0.281. The minimum absolute atomic E-state index is 0.0689. The molecule has 0 aliphatic heterocycles. The highest BCUT2D eigenvalue weighted by molar-refractivity contribution is 7.87. The summed E-state index contributed by atoms with van der Waals surface area (Å²) < 4.78 is 35.8. The molecular formula is C15H29NO6S. The molecule has 0 spiro atoms. The third-order valence-corrected chi connectivity index (χ3v) is 4.58. The van der Waals surface area contributed by atoms with Crippen molar-refractivity contribution in [1.29, 1.82) is 0 Å². The lowest BCUT2D eigenvalue weighted by molar-refractivity contribution is -0.144. The molecule has 1 unspecified atom stereocenters. The Hall–Kier alpha value is -1.15. The van der Waals surface area contributed by atoms with Crippen LogP contribution in [0.25, 0.3) is 0 Å². The Morgan fingerprint density at radius 1 is 1.00 bits per heavy atom. The van der Waals surface area contributed by atoms with Crippen LogP contribution in [0.4, 0.5) is 0 Å². The Morgan fingerprint density at radius 2 is 1.48 bits per heavy atom. The van der Waals surface area contributed by atoms with Gasteiger partial charge in [0.1, 0.15) is 0 Å². The van der Waals surface area contributed by atoms with Crippen LogP contribution in [-0.2, 0) is 24.4 Å². The molecule has 7 nitrogen and oxygen atoms in total. The third kappa shape index (κ3) is 12.0. The Balaban J connectivity index is 3.82. The number of nitrogens with two attached hydrogens (primary N) is 1. The molecule has 1 atom stereocenters. The summed E-state index contributed by atoms with van der Waals surface area (Å²) in [6, 6.07) is 0. The maximum absolute atomic E-state index is 11.6. The maximum Gasteiger partial charge on any atom is 0.327 e. The van der Waals surface area contributed by atoms with Gasteiger partial charge in [0, 0.05) is 0 Å². The Morgan fingerprint density at radius 3 is 1.91 bits per heavy atom. The predicted molar refractivity (Wildman–Crippen MR) is 87.3 cm³/mol. The molecule has 0 aliphatic rings. The molecule has 0 aromatic heterocycles. The first-order valence-electron chi connectivity index (χ1n) is 8.20. The summed E-state index contributed by atoms with van der Waals surface area (Å²) in [5.74, 6) is -2.13. The molecule has 1 amide bonds. The van der Waals surface area contributed by atoms with Gasteiger partial charge in [-0.25, -0.2) is 0 Å². The van der Waals surface area contributed by atoms with Crippen molar-refractivity contribution in [3.63, 3.8) is 0 Å². The number of carbonyl (C=O) groups is 2. The van der Waals surface area contributed by atoms with Crippen molar-refractivity contribution >= 4 is 22.0 Å². The molecule has 8 heteroatoms. The van der Waals surface area contributed by atoms with Crippen LogP contribution in [0.15, 0.2) is 0 Å². The first kappa shape index (κ1) is 21.9. The van der Waals surface area contributed by atoms with Crippen molar-refractivity contribution in [3.05, 3.63) is 0 Å². The average Bonchev–Trinajstić information content (AvgIpc) is 2.45. The van der Waals surface area contributed by atoms with E-state index in [4.69, 9.17) is 15.0 Å². The first-order chi connectivity index (χ1) is 10.8. The Labute approximate surface area is 138 Å². The summed E-state index contributed by atoms with van der Waals surface area (Å²) in [5, 5.41) is -1.93. The lowest BCUT2D eigenvalue weighted by Crippen LogP contribution is -2.35. The van der Waals surface area contributed by atoms with Gasteiger partial charge in [0.2, 0.25) is 5.91 Å². The largest absolute Gasteiger partial charge is 0.465 e. The van der Waals surface area contributed by atoms with Crippen LogP contribution in [0.2, 0.25) is 0 Å². The van der Waals surface area contributed by atoms with Gasteiger partial charge in [-0.3, -0.25) is 14.1 Å². The van der Waals surface area contributed by atoms with E-state index in [9.17, 15) is 18.0 Å². The van der Waals surface area contributed by atoms with Crippen molar-refractivity contribution in [2.24, 2.45) is 5.73 Å². The van der Waals surface area contributed by atoms with Crippen LogP contribution >= 0.6 is 0 Å². The van der Waals surface area contributed by atoms with Gasteiger partial charge in [0.15, 0.2) is 5.25 Å². The number of esters is 1. The van der Waals surface area contributed by atoms with Crippen LogP contribution < -0.4 is 5.73 Å². The second kappa shape index (κ2) is 12.3. The fourth-order valence-electron chi connectivity index (χ4n) is 2.17. The van der Waals surface area contributed by atoms with Crippen LogP contribution in [0.5, 0.6) is 0 Å². The number of hydrogen-bond donors (Lipinski definition) is 2. The zero-order chi connectivity index (χ0) is 17.7. The second-order valence-corrected chi connectivity index (χ2v) is 7.27. The molecule has 0 saturated carbocycles. The fourth-order valence-corrected chi connectivity index (χ4v) is 2.86. The van der Waals surface area contributed by atoms with E-state index in [2.05, 4.69) is 6.92 Å². The lowest BCUT2D eigenvalue weighted by atomic mass is 10.1. The molecule has 0 bridgehead atoms. The molecule has 23 heavy (non-hydrogen) atoms. The highest BCUT2D eigenvalue weighted by Gasteiger charge is 2.34. The number of unbranched alkanes of at least 4 members (excludes halogenated alkanes) is 8. The molecule has 0 rings (SSSR count). The van der Waals surface area contributed by atoms with E-state index in [0.29, 0.717) is 6.42 Å². The number of ether oxygens (including phenoxy) is 1. The van der Waals surface area contributed by atoms with Gasteiger partial charge in [0.25, 0.3) is 10.1 Å². The Bertz CT molecular complexity index is 449. The minimum Gasteiger partial charge on any atom is -0.465 e. The van der Waals surface area contributed by atoms with E-state index in [1.165, 1.54) is 32.1 Å². The fraction of sp³-hybridized carbons (Fsp3) is 0.867. The molecule has 3 N–H and O–H groups in total. The smallest absolute Gasteiger partial charge is 0.327 e. The van der Waals surface area contributed by atoms with Crippen molar-refractivity contribution in [3.8, 4) is 0 Å². The molecule has 0 aromatic rings. The van der Waals surface area contributed by atoms with Crippen LogP contribution in [-0.4, -0.2) is 36.7 Å². The SMILES string of the molecule is CCCCCCCCCCCOC(=O)C(CC(N)=O)S(=O)(=O)O. The summed E-state index contributed by atoms with van der Waals surface area (Å²) >= 11 is 0.